The Hall–Kier alpha value is -2.35. The van der Waals surface area contributed by atoms with E-state index in [9.17, 15) is 4.39 Å². The normalized spacial score (nSPS) is 10.9. The van der Waals surface area contributed by atoms with Gasteiger partial charge in [0.2, 0.25) is 0 Å². The van der Waals surface area contributed by atoms with Crippen LogP contribution in [0.15, 0.2) is 18.2 Å². The lowest BCUT2D eigenvalue weighted by atomic mass is 10.0. The zero-order valence-corrected chi connectivity index (χ0v) is 8.37. The molecule has 0 aliphatic carbocycles. The summed E-state index contributed by atoms with van der Waals surface area (Å²) < 4.78 is 13.0. The van der Waals surface area contributed by atoms with Crippen molar-refractivity contribution in [2.45, 2.75) is 6.04 Å². The molecule has 78 valence electrons. The van der Waals surface area contributed by atoms with Crippen molar-refractivity contribution >= 4 is 0 Å². The van der Waals surface area contributed by atoms with E-state index in [2.05, 4.69) is 11.2 Å². The highest BCUT2D eigenvalue weighted by molar-refractivity contribution is 5.37. The highest BCUT2D eigenvalue weighted by atomic mass is 19.1. The van der Waals surface area contributed by atoms with Crippen molar-refractivity contribution in [3.8, 4) is 24.5 Å². The van der Waals surface area contributed by atoms with Crippen LogP contribution in [-0.4, -0.2) is 6.54 Å². The van der Waals surface area contributed by atoms with Gasteiger partial charge in [-0.25, -0.2) is 4.39 Å². The van der Waals surface area contributed by atoms with E-state index < -0.39 is 11.9 Å². The number of halogens is 1. The zero-order valence-electron chi connectivity index (χ0n) is 8.37. The van der Waals surface area contributed by atoms with Crippen molar-refractivity contribution in [1.29, 1.82) is 10.5 Å². The number of benzene rings is 1. The third-order valence-electron chi connectivity index (χ3n) is 1.98. The number of hydrogen-bond acceptors (Lipinski definition) is 3. The average Bonchev–Trinajstić information content (AvgIpc) is 2.32. The second-order valence-electron chi connectivity index (χ2n) is 3.00. The second kappa shape index (κ2) is 5.51. The van der Waals surface area contributed by atoms with Gasteiger partial charge in [0, 0.05) is 0 Å². The summed E-state index contributed by atoms with van der Waals surface area (Å²) in [6.07, 6.45) is 5.06. The molecule has 0 amide bonds. The SMILES string of the molecule is C#CCNC(C#N)c1ccc(F)c(C#N)c1. The molecule has 3 nitrogen and oxygen atoms in total. The summed E-state index contributed by atoms with van der Waals surface area (Å²) >= 11 is 0. The van der Waals surface area contributed by atoms with Crippen molar-refractivity contribution in [2.75, 3.05) is 6.54 Å². The molecule has 1 rings (SSSR count). The Morgan fingerprint density at radius 3 is 2.75 bits per heavy atom. The van der Waals surface area contributed by atoms with Gasteiger partial charge >= 0.3 is 0 Å². The molecular formula is C12H8FN3. The summed E-state index contributed by atoms with van der Waals surface area (Å²) in [5, 5.41) is 20.3. The summed E-state index contributed by atoms with van der Waals surface area (Å²) in [7, 11) is 0. The van der Waals surface area contributed by atoms with E-state index in [0.717, 1.165) is 6.07 Å². The number of nitrogens with zero attached hydrogens (tertiary/aromatic N) is 2. The number of rotatable bonds is 3. The lowest BCUT2D eigenvalue weighted by molar-refractivity contribution is 0.620. The van der Waals surface area contributed by atoms with Crippen LogP contribution in [0, 0.1) is 40.8 Å². The summed E-state index contributed by atoms with van der Waals surface area (Å²) in [5.74, 6) is 1.74. The summed E-state index contributed by atoms with van der Waals surface area (Å²) in [4.78, 5) is 0. The van der Waals surface area contributed by atoms with Gasteiger partial charge in [0.25, 0.3) is 0 Å². The minimum atomic E-state index is -0.635. The minimum Gasteiger partial charge on any atom is -0.287 e. The largest absolute Gasteiger partial charge is 0.287 e. The molecular weight excluding hydrogens is 205 g/mol. The highest BCUT2D eigenvalue weighted by Gasteiger charge is 2.11. The number of terminal acetylenes is 1. The van der Waals surface area contributed by atoms with E-state index in [0.29, 0.717) is 5.56 Å². The van der Waals surface area contributed by atoms with Gasteiger partial charge in [0.15, 0.2) is 0 Å². The smallest absolute Gasteiger partial charge is 0.140 e. The maximum absolute atomic E-state index is 13.0. The van der Waals surface area contributed by atoms with Crippen LogP contribution in [0.1, 0.15) is 17.2 Å². The zero-order chi connectivity index (χ0) is 12.0. The molecule has 0 fully saturated rings. The monoisotopic (exact) mass is 213 g/mol. The topological polar surface area (TPSA) is 59.6 Å². The van der Waals surface area contributed by atoms with Crippen molar-refractivity contribution in [3.63, 3.8) is 0 Å². The van der Waals surface area contributed by atoms with E-state index in [-0.39, 0.29) is 12.1 Å². The van der Waals surface area contributed by atoms with Gasteiger partial charge in [-0.3, -0.25) is 5.32 Å². The Labute approximate surface area is 93.1 Å². The van der Waals surface area contributed by atoms with Gasteiger partial charge in [-0.15, -0.1) is 6.42 Å². The minimum absolute atomic E-state index is 0.0831. The third-order valence-corrected chi connectivity index (χ3v) is 1.98. The molecule has 4 heteroatoms. The molecule has 1 atom stereocenters. The maximum Gasteiger partial charge on any atom is 0.140 e. The van der Waals surface area contributed by atoms with Gasteiger partial charge in [0.05, 0.1) is 18.2 Å². The number of nitrogens with one attached hydrogen (secondary N) is 1. The predicted molar refractivity (Wildman–Crippen MR) is 56.3 cm³/mol. The van der Waals surface area contributed by atoms with Crippen LogP contribution in [0.3, 0.4) is 0 Å². The Bertz CT molecular complexity index is 502. The van der Waals surface area contributed by atoms with Crippen LogP contribution in [-0.2, 0) is 0 Å². The summed E-state index contributed by atoms with van der Waals surface area (Å²) in [6, 6.07) is 7.02. The first-order valence-electron chi connectivity index (χ1n) is 4.49. The summed E-state index contributed by atoms with van der Waals surface area (Å²) in [6.45, 7) is 0.234. The first-order valence-corrected chi connectivity index (χ1v) is 4.49. The van der Waals surface area contributed by atoms with Crippen LogP contribution in [0.25, 0.3) is 0 Å². The van der Waals surface area contributed by atoms with Crippen LogP contribution >= 0.6 is 0 Å². The fourth-order valence-corrected chi connectivity index (χ4v) is 1.21. The number of hydrogen-bond donors (Lipinski definition) is 1. The van der Waals surface area contributed by atoms with E-state index in [1.54, 1.807) is 6.07 Å². The number of nitriles is 2. The van der Waals surface area contributed by atoms with Crippen molar-refractivity contribution in [1.82, 2.24) is 5.32 Å². The lowest BCUT2D eigenvalue weighted by Crippen LogP contribution is -2.20. The molecule has 1 aromatic rings. The molecule has 16 heavy (non-hydrogen) atoms. The molecule has 1 N–H and O–H groups in total. The maximum atomic E-state index is 13.0. The Kier molecular flexibility index (Phi) is 4.04. The fourth-order valence-electron chi connectivity index (χ4n) is 1.21. The Balaban J connectivity index is 3.00. The highest BCUT2D eigenvalue weighted by Crippen LogP contribution is 2.16. The Morgan fingerprint density at radius 1 is 1.44 bits per heavy atom. The van der Waals surface area contributed by atoms with Crippen molar-refractivity contribution < 1.29 is 4.39 Å². The van der Waals surface area contributed by atoms with E-state index >= 15 is 0 Å². The first kappa shape index (κ1) is 11.7. The molecule has 0 radical (unpaired) electrons. The lowest BCUT2D eigenvalue weighted by Gasteiger charge is -2.09. The molecule has 0 bridgehead atoms. The average molecular weight is 213 g/mol. The van der Waals surface area contributed by atoms with E-state index in [1.165, 1.54) is 12.1 Å². The molecule has 0 aromatic heterocycles. The molecule has 0 aliphatic heterocycles. The van der Waals surface area contributed by atoms with Crippen molar-refractivity contribution in [3.05, 3.63) is 35.1 Å². The van der Waals surface area contributed by atoms with Gasteiger partial charge in [0.1, 0.15) is 17.9 Å². The van der Waals surface area contributed by atoms with E-state index in [1.807, 2.05) is 6.07 Å². The van der Waals surface area contributed by atoms with Gasteiger partial charge < -0.3 is 0 Å². The Morgan fingerprint density at radius 2 is 2.19 bits per heavy atom. The van der Waals surface area contributed by atoms with Crippen LogP contribution in [0.2, 0.25) is 0 Å². The molecule has 1 aromatic carbocycles. The first-order chi connectivity index (χ1) is 7.72. The van der Waals surface area contributed by atoms with E-state index in [4.69, 9.17) is 16.9 Å². The quantitative estimate of drug-likeness (QED) is 0.774. The standard InChI is InChI=1S/C12H8FN3/c1-2-5-16-12(8-15)9-3-4-11(13)10(6-9)7-14/h1,3-4,6,12,16H,5H2. The molecule has 0 saturated heterocycles. The molecule has 0 aliphatic rings. The van der Waals surface area contributed by atoms with Gasteiger partial charge in [-0.05, 0) is 17.7 Å². The third kappa shape index (κ3) is 2.58. The fraction of sp³-hybridized carbons (Fsp3) is 0.167. The van der Waals surface area contributed by atoms with Crippen LogP contribution in [0.5, 0.6) is 0 Å². The molecule has 0 heterocycles. The molecule has 0 spiro atoms. The van der Waals surface area contributed by atoms with Gasteiger partial charge in [-0.1, -0.05) is 12.0 Å². The molecule has 1 unspecified atom stereocenters. The summed E-state index contributed by atoms with van der Waals surface area (Å²) in [5.41, 5.74) is 0.441. The van der Waals surface area contributed by atoms with Crippen LogP contribution < -0.4 is 5.32 Å². The molecule has 0 saturated carbocycles. The van der Waals surface area contributed by atoms with Crippen LogP contribution in [0.4, 0.5) is 4.39 Å². The predicted octanol–water partition coefficient (Wildman–Crippen LogP) is 1.48. The van der Waals surface area contributed by atoms with Crippen molar-refractivity contribution in [2.24, 2.45) is 0 Å². The second-order valence-corrected chi connectivity index (χ2v) is 3.00. The van der Waals surface area contributed by atoms with Gasteiger partial charge in [-0.2, -0.15) is 10.5 Å².